The molecule has 0 saturated heterocycles. The lowest BCUT2D eigenvalue weighted by Gasteiger charge is -2.27. The lowest BCUT2D eigenvalue weighted by Crippen LogP contribution is -2.45. The third-order valence-electron chi connectivity index (χ3n) is 2.57. The van der Waals surface area contributed by atoms with E-state index in [1.165, 1.54) is 23.8 Å². The zero-order valence-corrected chi connectivity index (χ0v) is 11.9. The Kier molecular flexibility index (Phi) is 7.55. The van der Waals surface area contributed by atoms with Gasteiger partial charge in [-0.05, 0) is 13.8 Å². The number of carboxylic acid groups (broad SMARTS) is 1. The second-order valence-corrected chi connectivity index (χ2v) is 4.22. The number of nitrogens with zero attached hydrogens (tertiary/aromatic N) is 2. The van der Waals surface area contributed by atoms with Crippen molar-refractivity contribution in [2.45, 2.75) is 20.8 Å². The average molecular weight is 274 g/mol. The minimum absolute atomic E-state index is 0.0908. The highest BCUT2D eigenvalue weighted by atomic mass is 16.5. The molecule has 0 radical (unpaired) electrons. The Hall–Kier alpha value is -1.79. The van der Waals surface area contributed by atoms with Crippen LogP contribution in [0.2, 0.25) is 0 Å². The van der Waals surface area contributed by atoms with E-state index in [4.69, 9.17) is 9.84 Å². The molecule has 1 atom stereocenters. The molecule has 110 valence electrons. The van der Waals surface area contributed by atoms with E-state index in [9.17, 15) is 14.4 Å². The van der Waals surface area contributed by atoms with Crippen LogP contribution in [0.25, 0.3) is 0 Å². The second-order valence-electron chi connectivity index (χ2n) is 4.22. The lowest BCUT2D eigenvalue weighted by atomic mass is 10.2. The number of urea groups is 1. The number of likely N-dealkylation sites (N-methyl/N-ethyl adjacent to an activating group) is 1. The van der Waals surface area contributed by atoms with E-state index >= 15 is 0 Å². The molecule has 0 spiro atoms. The molecule has 0 aromatic heterocycles. The van der Waals surface area contributed by atoms with Gasteiger partial charge in [0.2, 0.25) is 0 Å². The topological polar surface area (TPSA) is 87.2 Å². The van der Waals surface area contributed by atoms with Gasteiger partial charge in [0, 0.05) is 20.1 Å². The summed E-state index contributed by atoms with van der Waals surface area (Å²) in [4.78, 5) is 36.7. The third kappa shape index (κ3) is 6.08. The number of esters is 1. The van der Waals surface area contributed by atoms with Gasteiger partial charge in [-0.25, -0.2) is 4.79 Å². The molecule has 7 nitrogen and oxygen atoms in total. The summed E-state index contributed by atoms with van der Waals surface area (Å²) in [6.45, 7) is 5.53. The number of amides is 2. The molecule has 7 heteroatoms. The molecule has 0 heterocycles. The standard InChI is InChI=1S/C12H22N2O5/c1-5-14(8-10(15)19-6-2)12(18)13(4)7-9(3)11(16)17/h9H,5-8H2,1-4H3,(H,16,17). The molecule has 2 amide bonds. The molecule has 19 heavy (non-hydrogen) atoms. The van der Waals surface area contributed by atoms with Crippen molar-refractivity contribution in [1.82, 2.24) is 9.80 Å². The number of carboxylic acids is 1. The van der Waals surface area contributed by atoms with E-state index in [2.05, 4.69) is 0 Å². The fourth-order valence-electron chi connectivity index (χ4n) is 1.49. The Bertz CT molecular complexity index is 332. The number of carbonyl (C=O) groups excluding carboxylic acids is 2. The molecular formula is C12H22N2O5. The molecule has 1 N–H and O–H groups in total. The molecule has 0 aliphatic heterocycles. The highest BCUT2D eigenvalue weighted by Gasteiger charge is 2.22. The summed E-state index contributed by atoms with van der Waals surface area (Å²) in [5.74, 6) is -2.10. The normalized spacial score (nSPS) is 11.6. The van der Waals surface area contributed by atoms with E-state index in [1.54, 1.807) is 13.8 Å². The van der Waals surface area contributed by atoms with Crippen LogP contribution in [0.3, 0.4) is 0 Å². The summed E-state index contributed by atoms with van der Waals surface area (Å²) >= 11 is 0. The quantitative estimate of drug-likeness (QED) is 0.688. The number of rotatable bonds is 7. The van der Waals surface area contributed by atoms with Gasteiger partial charge in [-0.3, -0.25) is 9.59 Å². The minimum Gasteiger partial charge on any atom is -0.481 e. The van der Waals surface area contributed by atoms with Crippen molar-refractivity contribution in [3.05, 3.63) is 0 Å². The van der Waals surface area contributed by atoms with Gasteiger partial charge >= 0.3 is 18.0 Å². The third-order valence-corrected chi connectivity index (χ3v) is 2.57. The van der Waals surface area contributed by atoms with Crippen molar-refractivity contribution < 1.29 is 24.2 Å². The minimum atomic E-state index is -0.965. The summed E-state index contributed by atoms with van der Waals surface area (Å²) in [6, 6.07) is -0.386. The van der Waals surface area contributed by atoms with Gasteiger partial charge in [-0.2, -0.15) is 0 Å². The smallest absolute Gasteiger partial charge is 0.325 e. The summed E-state index contributed by atoms with van der Waals surface area (Å²) in [5, 5.41) is 8.80. The Balaban J connectivity index is 4.48. The monoisotopic (exact) mass is 274 g/mol. The Morgan fingerprint density at radius 3 is 2.26 bits per heavy atom. The lowest BCUT2D eigenvalue weighted by molar-refractivity contribution is -0.144. The number of hydrogen-bond donors (Lipinski definition) is 1. The predicted octanol–water partition coefficient (Wildman–Crippen LogP) is 0.644. The summed E-state index contributed by atoms with van der Waals surface area (Å²) < 4.78 is 4.78. The first-order chi connectivity index (χ1) is 8.83. The first-order valence-corrected chi connectivity index (χ1v) is 6.21. The largest absolute Gasteiger partial charge is 0.481 e. The first-order valence-electron chi connectivity index (χ1n) is 6.21. The van der Waals surface area contributed by atoms with E-state index in [0.29, 0.717) is 6.54 Å². The van der Waals surface area contributed by atoms with Crippen LogP contribution in [-0.4, -0.2) is 66.2 Å². The summed E-state index contributed by atoms with van der Waals surface area (Å²) in [7, 11) is 1.51. The molecule has 0 aromatic rings. The van der Waals surface area contributed by atoms with Crippen molar-refractivity contribution in [2.24, 2.45) is 5.92 Å². The summed E-state index contributed by atoms with van der Waals surface area (Å²) in [6.07, 6.45) is 0. The van der Waals surface area contributed by atoms with Gasteiger partial charge < -0.3 is 19.6 Å². The van der Waals surface area contributed by atoms with Gasteiger partial charge in [0.05, 0.1) is 12.5 Å². The van der Waals surface area contributed by atoms with Gasteiger partial charge in [0.15, 0.2) is 0 Å². The zero-order valence-electron chi connectivity index (χ0n) is 11.9. The Morgan fingerprint density at radius 2 is 1.84 bits per heavy atom. The average Bonchev–Trinajstić information content (AvgIpc) is 2.35. The van der Waals surface area contributed by atoms with Gasteiger partial charge in [-0.15, -0.1) is 0 Å². The van der Waals surface area contributed by atoms with Crippen LogP contribution < -0.4 is 0 Å². The first kappa shape index (κ1) is 17.2. The SMILES string of the molecule is CCOC(=O)CN(CC)C(=O)N(C)CC(C)C(=O)O. The maximum atomic E-state index is 12.0. The van der Waals surface area contributed by atoms with Gasteiger partial charge in [0.25, 0.3) is 0 Å². The van der Waals surface area contributed by atoms with Gasteiger partial charge in [-0.1, -0.05) is 6.92 Å². The van der Waals surface area contributed by atoms with Crippen LogP contribution in [-0.2, 0) is 14.3 Å². The molecule has 0 aliphatic rings. The molecule has 0 aromatic carbocycles. The Labute approximate surface area is 113 Å². The van der Waals surface area contributed by atoms with Crippen molar-refractivity contribution in [3.8, 4) is 0 Å². The van der Waals surface area contributed by atoms with E-state index < -0.39 is 17.9 Å². The van der Waals surface area contributed by atoms with Gasteiger partial charge in [0.1, 0.15) is 6.54 Å². The summed E-state index contributed by atoms with van der Waals surface area (Å²) in [5.41, 5.74) is 0. The van der Waals surface area contributed by atoms with Crippen molar-refractivity contribution in [3.63, 3.8) is 0 Å². The maximum Gasteiger partial charge on any atom is 0.325 e. The number of ether oxygens (including phenoxy) is 1. The molecular weight excluding hydrogens is 252 g/mol. The van der Waals surface area contributed by atoms with Crippen molar-refractivity contribution in [2.75, 3.05) is 33.3 Å². The van der Waals surface area contributed by atoms with Crippen LogP contribution in [0.1, 0.15) is 20.8 Å². The van der Waals surface area contributed by atoms with Crippen LogP contribution in [0.5, 0.6) is 0 Å². The van der Waals surface area contributed by atoms with E-state index in [0.717, 1.165) is 0 Å². The van der Waals surface area contributed by atoms with Crippen LogP contribution in [0, 0.1) is 5.92 Å². The maximum absolute atomic E-state index is 12.0. The zero-order chi connectivity index (χ0) is 15.0. The number of aliphatic carboxylic acids is 1. The predicted molar refractivity (Wildman–Crippen MR) is 68.7 cm³/mol. The fourth-order valence-corrected chi connectivity index (χ4v) is 1.49. The molecule has 0 rings (SSSR count). The second kappa shape index (κ2) is 8.34. The van der Waals surface area contributed by atoms with Crippen molar-refractivity contribution in [1.29, 1.82) is 0 Å². The molecule has 0 fully saturated rings. The van der Waals surface area contributed by atoms with E-state index in [1.807, 2.05) is 0 Å². The van der Waals surface area contributed by atoms with Crippen LogP contribution in [0.15, 0.2) is 0 Å². The van der Waals surface area contributed by atoms with Crippen molar-refractivity contribution >= 4 is 18.0 Å². The highest BCUT2D eigenvalue weighted by molar-refractivity contribution is 5.81. The molecule has 0 bridgehead atoms. The molecule has 0 saturated carbocycles. The fraction of sp³-hybridized carbons (Fsp3) is 0.750. The van der Waals surface area contributed by atoms with Crippen LogP contribution >= 0.6 is 0 Å². The number of hydrogen-bond acceptors (Lipinski definition) is 4. The highest BCUT2D eigenvalue weighted by Crippen LogP contribution is 2.03. The molecule has 0 aliphatic carbocycles. The van der Waals surface area contributed by atoms with Crippen LogP contribution in [0.4, 0.5) is 4.79 Å². The number of carbonyl (C=O) groups is 3. The Morgan fingerprint density at radius 1 is 1.26 bits per heavy atom. The molecule has 1 unspecified atom stereocenters. The van der Waals surface area contributed by atoms with E-state index in [-0.39, 0.29) is 25.7 Å².